The lowest BCUT2D eigenvalue weighted by atomic mass is 10.1. The molecule has 7 nitrogen and oxygen atoms in total. The first-order chi connectivity index (χ1) is 14.4. The molecule has 0 amide bonds. The van der Waals surface area contributed by atoms with Crippen molar-refractivity contribution in [1.29, 1.82) is 0 Å². The van der Waals surface area contributed by atoms with Crippen molar-refractivity contribution in [2.24, 2.45) is 4.99 Å². The highest BCUT2D eigenvalue weighted by atomic mass is 127. The fourth-order valence-corrected chi connectivity index (χ4v) is 2.87. The van der Waals surface area contributed by atoms with Gasteiger partial charge in [-0.25, -0.2) is 15.0 Å². The molecule has 3 rings (SSSR count). The average Bonchev–Trinajstić information content (AvgIpc) is 3.25. The summed E-state index contributed by atoms with van der Waals surface area (Å²) < 4.78 is 7.97. The third-order valence-corrected chi connectivity index (χ3v) is 4.18. The zero-order valence-electron chi connectivity index (χ0n) is 18.5. The van der Waals surface area contributed by atoms with Gasteiger partial charge < -0.3 is 15.4 Å². The van der Waals surface area contributed by atoms with Gasteiger partial charge in [0.1, 0.15) is 23.5 Å². The highest BCUT2D eigenvalue weighted by Crippen LogP contribution is 2.22. The van der Waals surface area contributed by atoms with Crippen molar-refractivity contribution >= 4 is 29.9 Å². The van der Waals surface area contributed by atoms with Crippen LogP contribution in [0.15, 0.2) is 66.3 Å². The van der Waals surface area contributed by atoms with E-state index in [1.54, 1.807) is 18.7 Å². The molecule has 0 unspecified atom stereocenters. The molecule has 0 aliphatic carbocycles. The number of pyridine rings is 1. The smallest absolute Gasteiger partial charge is 0.191 e. The van der Waals surface area contributed by atoms with Crippen LogP contribution in [0.25, 0.3) is 5.82 Å². The van der Waals surface area contributed by atoms with Gasteiger partial charge in [-0.2, -0.15) is 0 Å². The SMILES string of the molecule is CCNC(=NCc1ccnc(-n2ccnc2)c1)NCc1ccccc1OC(C)(C)C.I. The molecule has 0 radical (unpaired) electrons. The van der Waals surface area contributed by atoms with E-state index in [1.807, 2.05) is 41.1 Å². The summed E-state index contributed by atoms with van der Waals surface area (Å²) in [6.45, 7) is 10.1. The molecule has 31 heavy (non-hydrogen) atoms. The summed E-state index contributed by atoms with van der Waals surface area (Å²) in [6.07, 6.45) is 7.14. The first kappa shape index (κ1) is 24.6. The normalized spacial score (nSPS) is 11.5. The highest BCUT2D eigenvalue weighted by molar-refractivity contribution is 14.0. The summed E-state index contributed by atoms with van der Waals surface area (Å²) in [7, 11) is 0. The van der Waals surface area contributed by atoms with Crippen LogP contribution in [-0.4, -0.2) is 32.6 Å². The molecule has 0 saturated heterocycles. The minimum absolute atomic E-state index is 0. The number of aliphatic imine (C=N–C) groups is 1. The second-order valence-corrected chi connectivity index (χ2v) is 7.86. The van der Waals surface area contributed by atoms with Crippen molar-refractivity contribution in [3.05, 3.63) is 72.4 Å². The van der Waals surface area contributed by atoms with E-state index in [2.05, 4.69) is 54.4 Å². The summed E-state index contributed by atoms with van der Waals surface area (Å²) in [5, 5.41) is 6.70. The number of aromatic nitrogens is 3. The summed E-state index contributed by atoms with van der Waals surface area (Å²) in [6, 6.07) is 12.1. The average molecular weight is 534 g/mol. The molecule has 0 bridgehead atoms. The molecule has 0 saturated carbocycles. The number of rotatable bonds is 7. The summed E-state index contributed by atoms with van der Waals surface area (Å²) in [4.78, 5) is 13.2. The number of imidazole rings is 1. The van der Waals surface area contributed by atoms with Crippen LogP contribution in [-0.2, 0) is 13.1 Å². The third-order valence-electron chi connectivity index (χ3n) is 4.18. The zero-order chi connectivity index (χ0) is 21.4. The largest absolute Gasteiger partial charge is 0.488 e. The number of halogens is 1. The van der Waals surface area contributed by atoms with E-state index in [4.69, 9.17) is 9.73 Å². The van der Waals surface area contributed by atoms with Crippen LogP contribution < -0.4 is 15.4 Å². The van der Waals surface area contributed by atoms with E-state index in [0.29, 0.717) is 13.1 Å². The van der Waals surface area contributed by atoms with Crippen LogP contribution in [0.2, 0.25) is 0 Å². The minimum Gasteiger partial charge on any atom is -0.488 e. The standard InChI is InChI=1S/C23H30N6O.HI/c1-5-25-22(28-16-19-8-6-7-9-20(19)30-23(2,3)4)27-15-18-10-11-26-21(14-18)29-13-12-24-17-29;/h6-14,17H,5,15-16H2,1-4H3,(H2,25,27,28);1H. The van der Waals surface area contributed by atoms with E-state index >= 15 is 0 Å². The zero-order valence-corrected chi connectivity index (χ0v) is 20.8. The maximum atomic E-state index is 6.09. The Morgan fingerprint density at radius 3 is 2.65 bits per heavy atom. The van der Waals surface area contributed by atoms with Gasteiger partial charge in [0.25, 0.3) is 0 Å². The van der Waals surface area contributed by atoms with E-state index in [9.17, 15) is 0 Å². The maximum absolute atomic E-state index is 6.09. The number of hydrogen-bond donors (Lipinski definition) is 2. The number of nitrogens with one attached hydrogen (secondary N) is 2. The van der Waals surface area contributed by atoms with Crippen molar-refractivity contribution in [3.63, 3.8) is 0 Å². The Morgan fingerprint density at radius 1 is 1.13 bits per heavy atom. The van der Waals surface area contributed by atoms with Gasteiger partial charge in [-0.1, -0.05) is 18.2 Å². The molecule has 166 valence electrons. The topological polar surface area (TPSA) is 76.4 Å². The summed E-state index contributed by atoms with van der Waals surface area (Å²) in [5.41, 5.74) is 1.91. The van der Waals surface area contributed by atoms with Gasteiger partial charge in [0, 0.05) is 37.2 Å². The number of guanidine groups is 1. The molecule has 0 aliphatic rings. The molecule has 2 aromatic heterocycles. The van der Waals surface area contributed by atoms with Crippen LogP contribution in [0.3, 0.4) is 0 Å². The van der Waals surface area contributed by atoms with Gasteiger partial charge in [0.15, 0.2) is 5.96 Å². The number of para-hydroxylation sites is 1. The number of ether oxygens (including phenoxy) is 1. The van der Waals surface area contributed by atoms with E-state index in [1.165, 1.54) is 0 Å². The Morgan fingerprint density at radius 2 is 1.94 bits per heavy atom. The van der Waals surface area contributed by atoms with E-state index < -0.39 is 0 Å². The van der Waals surface area contributed by atoms with Crippen LogP contribution in [0.4, 0.5) is 0 Å². The first-order valence-corrected chi connectivity index (χ1v) is 10.2. The highest BCUT2D eigenvalue weighted by Gasteiger charge is 2.14. The molecule has 0 spiro atoms. The van der Waals surface area contributed by atoms with Gasteiger partial charge in [-0.05, 0) is 51.5 Å². The number of benzene rings is 1. The lowest BCUT2D eigenvalue weighted by molar-refractivity contribution is 0.129. The second-order valence-electron chi connectivity index (χ2n) is 7.86. The Labute approximate surface area is 201 Å². The molecular weight excluding hydrogens is 503 g/mol. The molecular formula is C23H31IN6O. The molecule has 2 N–H and O–H groups in total. The Balaban J connectivity index is 0.00000341. The molecule has 2 heterocycles. The molecule has 0 atom stereocenters. The molecule has 0 fully saturated rings. The van der Waals surface area contributed by atoms with Gasteiger partial charge in [-0.15, -0.1) is 24.0 Å². The second kappa shape index (κ2) is 11.7. The molecule has 8 heteroatoms. The lowest BCUT2D eigenvalue weighted by Crippen LogP contribution is -2.37. The van der Waals surface area contributed by atoms with Gasteiger partial charge in [0.05, 0.1) is 6.54 Å². The number of hydrogen-bond acceptors (Lipinski definition) is 4. The minimum atomic E-state index is -0.247. The van der Waals surface area contributed by atoms with Crippen LogP contribution in [0.5, 0.6) is 5.75 Å². The van der Waals surface area contributed by atoms with Crippen molar-refractivity contribution in [1.82, 2.24) is 25.2 Å². The molecule has 1 aromatic carbocycles. The molecule has 3 aromatic rings. The van der Waals surface area contributed by atoms with E-state index in [0.717, 1.165) is 35.2 Å². The van der Waals surface area contributed by atoms with Gasteiger partial charge in [-0.3, -0.25) is 4.57 Å². The van der Waals surface area contributed by atoms with E-state index in [-0.39, 0.29) is 29.6 Å². The Bertz CT molecular complexity index is 966. The van der Waals surface area contributed by atoms with Crippen molar-refractivity contribution in [2.75, 3.05) is 6.54 Å². The number of nitrogens with zero attached hydrogens (tertiary/aromatic N) is 4. The fourth-order valence-electron chi connectivity index (χ4n) is 2.87. The molecule has 0 aliphatic heterocycles. The predicted octanol–water partition coefficient (Wildman–Crippen LogP) is 4.32. The van der Waals surface area contributed by atoms with Crippen molar-refractivity contribution in [3.8, 4) is 11.6 Å². The summed E-state index contributed by atoms with van der Waals surface area (Å²) >= 11 is 0. The quantitative estimate of drug-likeness (QED) is 0.268. The Kier molecular flexibility index (Phi) is 9.29. The fraction of sp³-hybridized carbons (Fsp3) is 0.348. The third kappa shape index (κ3) is 7.86. The maximum Gasteiger partial charge on any atom is 0.191 e. The van der Waals surface area contributed by atoms with Crippen LogP contribution in [0, 0.1) is 0 Å². The van der Waals surface area contributed by atoms with Crippen molar-refractivity contribution < 1.29 is 4.74 Å². The van der Waals surface area contributed by atoms with Crippen molar-refractivity contribution in [2.45, 2.75) is 46.4 Å². The summed E-state index contributed by atoms with van der Waals surface area (Å²) in [5.74, 6) is 2.46. The van der Waals surface area contributed by atoms with Crippen LogP contribution in [0.1, 0.15) is 38.8 Å². The predicted molar refractivity (Wildman–Crippen MR) is 135 cm³/mol. The van der Waals surface area contributed by atoms with Crippen LogP contribution >= 0.6 is 24.0 Å². The lowest BCUT2D eigenvalue weighted by Gasteiger charge is -2.23. The van der Waals surface area contributed by atoms with Gasteiger partial charge >= 0.3 is 0 Å². The monoisotopic (exact) mass is 534 g/mol. The van der Waals surface area contributed by atoms with Gasteiger partial charge in [0.2, 0.25) is 0 Å². The Hall–Kier alpha value is -2.62. The first-order valence-electron chi connectivity index (χ1n) is 10.2.